The molecule has 0 bridgehead atoms. The van der Waals surface area contributed by atoms with E-state index in [-0.39, 0.29) is 12.0 Å². The lowest BCUT2D eigenvalue weighted by atomic mass is 9.85. The average Bonchev–Trinajstić information content (AvgIpc) is 2.82. The third-order valence-electron chi connectivity index (χ3n) is 4.66. The van der Waals surface area contributed by atoms with Crippen molar-refractivity contribution >= 4 is 5.97 Å². The van der Waals surface area contributed by atoms with Gasteiger partial charge in [0.25, 0.3) is 0 Å². The number of likely N-dealkylation sites (tertiary alicyclic amines) is 1. The number of rotatable bonds is 5. The van der Waals surface area contributed by atoms with Gasteiger partial charge in [-0.25, -0.2) is 0 Å². The lowest BCUT2D eigenvalue weighted by Gasteiger charge is -2.32. The molecule has 0 aromatic heterocycles. The van der Waals surface area contributed by atoms with E-state index in [1.54, 1.807) is 0 Å². The first-order chi connectivity index (χ1) is 8.76. The van der Waals surface area contributed by atoms with Gasteiger partial charge in [0.2, 0.25) is 0 Å². The number of methoxy groups -OCH3 is 1. The Kier molecular flexibility index (Phi) is 5.01. The van der Waals surface area contributed by atoms with Gasteiger partial charge in [-0.1, -0.05) is 12.8 Å². The second-order valence-electron chi connectivity index (χ2n) is 5.59. The summed E-state index contributed by atoms with van der Waals surface area (Å²) < 4.78 is 4.81. The van der Waals surface area contributed by atoms with Gasteiger partial charge >= 0.3 is 5.97 Å². The number of hydrogen-bond donors (Lipinski definition) is 1. The largest absolute Gasteiger partial charge is 0.468 e. The van der Waals surface area contributed by atoms with E-state index in [1.165, 1.54) is 45.8 Å². The van der Waals surface area contributed by atoms with Gasteiger partial charge in [-0.2, -0.15) is 0 Å². The number of ether oxygens (including phenoxy) is 1. The molecule has 0 spiro atoms. The van der Waals surface area contributed by atoms with Gasteiger partial charge in [-0.05, 0) is 45.2 Å². The van der Waals surface area contributed by atoms with Gasteiger partial charge in [0, 0.05) is 12.6 Å². The summed E-state index contributed by atoms with van der Waals surface area (Å²) >= 11 is 0. The van der Waals surface area contributed by atoms with Crippen molar-refractivity contribution in [3.63, 3.8) is 0 Å². The van der Waals surface area contributed by atoms with Gasteiger partial charge in [-0.3, -0.25) is 4.79 Å². The molecule has 0 aromatic rings. The Balaban J connectivity index is 1.80. The smallest absolute Gasteiger partial charge is 0.322 e. The van der Waals surface area contributed by atoms with Gasteiger partial charge < -0.3 is 15.0 Å². The van der Waals surface area contributed by atoms with Crippen molar-refractivity contribution in [3.8, 4) is 0 Å². The van der Waals surface area contributed by atoms with Crippen LogP contribution in [0.1, 0.15) is 38.5 Å². The second kappa shape index (κ2) is 6.53. The lowest BCUT2D eigenvalue weighted by Crippen LogP contribution is -2.41. The maximum absolute atomic E-state index is 11.5. The molecule has 4 heteroatoms. The van der Waals surface area contributed by atoms with Crippen molar-refractivity contribution in [2.75, 3.05) is 27.2 Å². The molecule has 0 radical (unpaired) electrons. The van der Waals surface area contributed by atoms with Crippen LogP contribution in [0.5, 0.6) is 0 Å². The van der Waals surface area contributed by atoms with Gasteiger partial charge in [0.05, 0.1) is 7.11 Å². The highest BCUT2D eigenvalue weighted by Gasteiger charge is 2.35. The summed E-state index contributed by atoms with van der Waals surface area (Å²) in [5.41, 5.74) is 0. The van der Waals surface area contributed by atoms with Crippen LogP contribution in [0.2, 0.25) is 0 Å². The SMILES string of the molecule is CNC(CCN1CCC2CCCCC21)C(=O)OC. The topological polar surface area (TPSA) is 41.6 Å². The number of nitrogens with zero attached hydrogens (tertiary/aromatic N) is 1. The average molecular weight is 254 g/mol. The fourth-order valence-electron chi connectivity index (χ4n) is 3.60. The summed E-state index contributed by atoms with van der Waals surface area (Å²) in [5, 5.41) is 3.05. The van der Waals surface area contributed by atoms with E-state index in [9.17, 15) is 4.79 Å². The summed E-state index contributed by atoms with van der Waals surface area (Å²) in [6.07, 6.45) is 7.76. The number of fused-ring (bicyclic) bond motifs is 1. The van der Waals surface area contributed by atoms with Gasteiger partial charge in [0.1, 0.15) is 6.04 Å². The molecule has 18 heavy (non-hydrogen) atoms. The predicted octanol–water partition coefficient (Wildman–Crippen LogP) is 1.40. The molecule has 1 heterocycles. The number of likely N-dealkylation sites (N-methyl/N-ethyl adjacent to an activating group) is 1. The van der Waals surface area contributed by atoms with Crippen LogP contribution in [0.4, 0.5) is 0 Å². The van der Waals surface area contributed by atoms with Crippen LogP contribution in [0, 0.1) is 5.92 Å². The molecule has 2 fully saturated rings. The second-order valence-corrected chi connectivity index (χ2v) is 5.59. The zero-order chi connectivity index (χ0) is 13.0. The molecule has 0 aromatic carbocycles. The van der Waals surface area contributed by atoms with Crippen LogP contribution < -0.4 is 5.32 Å². The molecule has 1 saturated carbocycles. The van der Waals surface area contributed by atoms with Crippen LogP contribution in [0.3, 0.4) is 0 Å². The Hall–Kier alpha value is -0.610. The molecule has 4 nitrogen and oxygen atoms in total. The summed E-state index contributed by atoms with van der Waals surface area (Å²) in [6, 6.07) is 0.631. The van der Waals surface area contributed by atoms with E-state index in [2.05, 4.69) is 10.2 Å². The first kappa shape index (κ1) is 13.8. The van der Waals surface area contributed by atoms with Crippen molar-refractivity contribution in [1.82, 2.24) is 10.2 Å². The molecule has 1 saturated heterocycles. The van der Waals surface area contributed by atoms with Crippen molar-refractivity contribution in [1.29, 1.82) is 0 Å². The maximum Gasteiger partial charge on any atom is 0.322 e. The van der Waals surface area contributed by atoms with E-state index >= 15 is 0 Å². The van der Waals surface area contributed by atoms with Crippen molar-refractivity contribution < 1.29 is 9.53 Å². The molecule has 3 unspecified atom stereocenters. The Morgan fingerprint density at radius 3 is 2.89 bits per heavy atom. The Labute approximate surface area is 110 Å². The Morgan fingerprint density at radius 2 is 2.17 bits per heavy atom. The Morgan fingerprint density at radius 1 is 1.39 bits per heavy atom. The number of carbonyl (C=O) groups excluding carboxylic acids is 1. The molecule has 1 N–H and O–H groups in total. The lowest BCUT2D eigenvalue weighted by molar-refractivity contribution is -0.143. The Bertz CT molecular complexity index is 283. The van der Waals surface area contributed by atoms with Crippen LogP contribution in [0.25, 0.3) is 0 Å². The van der Waals surface area contributed by atoms with E-state index in [0.29, 0.717) is 0 Å². The van der Waals surface area contributed by atoms with E-state index in [1.807, 2.05) is 7.05 Å². The first-order valence-corrected chi connectivity index (χ1v) is 7.25. The predicted molar refractivity (Wildman–Crippen MR) is 71.4 cm³/mol. The molecular weight excluding hydrogens is 228 g/mol. The highest BCUT2D eigenvalue weighted by atomic mass is 16.5. The number of carbonyl (C=O) groups is 1. The van der Waals surface area contributed by atoms with Crippen molar-refractivity contribution in [3.05, 3.63) is 0 Å². The van der Waals surface area contributed by atoms with E-state index < -0.39 is 0 Å². The highest BCUT2D eigenvalue weighted by molar-refractivity contribution is 5.75. The monoisotopic (exact) mass is 254 g/mol. The minimum atomic E-state index is -0.155. The third kappa shape index (κ3) is 3.04. The standard InChI is InChI=1S/C14H26N2O2/c1-15-12(14(17)18-2)8-10-16-9-7-11-5-3-4-6-13(11)16/h11-13,15H,3-10H2,1-2H3. The third-order valence-corrected chi connectivity index (χ3v) is 4.66. The number of nitrogens with one attached hydrogen (secondary N) is 1. The molecule has 104 valence electrons. The minimum absolute atomic E-state index is 0.142. The van der Waals surface area contributed by atoms with Crippen LogP contribution in [-0.4, -0.2) is 50.2 Å². The molecule has 0 amide bonds. The minimum Gasteiger partial charge on any atom is -0.468 e. The summed E-state index contributed by atoms with van der Waals surface area (Å²) in [7, 11) is 3.29. The fraction of sp³-hybridized carbons (Fsp3) is 0.929. The zero-order valence-electron chi connectivity index (χ0n) is 11.7. The number of hydrogen-bond acceptors (Lipinski definition) is 4. The molecule has 1 aliphatic carbocycles. The summed E-state index contributed by atoms with van der Waals surface area (Å²) in [5.74, 6) is 0.779. The molecule has 2 rings (SSSR count). The first-order valence-electron chi connectivity index (χ1n) is 7.25. The van der Waals surface area contributed by atoms with Crippen LogP contribution in [0.15, 0.2) is 0 Å². The molecule has 2 aliphatic rings. The summed E-state index contributed by atoms with van der Waals surface area (Å²) in [6.45, 7) is 2.23. The van der Waals surface area contributed by atoms with Gasteiger partial charge in [-0.15, -0.1) is 0 Å². The van der Waals surface area contributed by atoms with Crippen molar-refractivity contribution in [2.24, 2.45) is 5.92 Å². The van der Waals surface area contributed by atoms with Crippen molar-refractivity contribution in [2.45, 2.75) is 50.6 Å². The van der Waals surface area contributed by atoms with E-state index in [4.69, 9.17) is 4.74 Å². The van der Waals surface area contributed by atoms with Gasteiger partial charge in [0.15, 0.2) is 0 Å². The quantitative estimate of drug-likeness (QED) is 0.753. The maximum atomic E-state index is 11.5. The summed E-state index contributed by atoms with van der Waals surface area (Å²) in [4.78, 5) is 14.1. The number of esters is 1. The molecular formula is C14H26N2O2. The molecule has 1 aliphatic heterocycles. The highest BCUT2D eigenvalue weighted by Crippen LogP contribution is 2.36. The molecule has 3 atom stereocenters. The fourth-order valence-corrected chi connectivity index (χ4v) is 3.60. The zero-order valence-corrected chi connectivity index (χ0v) is 11.7. The van der Waals surface area contributed by atoms with E-state index in [0.717, 1.165) is 24.9 Å². The van der Waals surface area contributed by atoms with Crippen LogP contribution >= 0.6 is 0 Å². The normalized spacial score (nSPS) is 29.9. The van der Waals surface area contributed by atoms with Crippen LogP contribution in [-0.2, 0) is 9.53 Å².